The average molecular weight is 268 g/mol. The molecule has 0 amide bonds. The zero-order chi connectivity index (χ0) is 14.0. The van der Waals surface area contributed by atoms with E-state index in [0.29, 0.717) is 5.69 Å². The number of non-ortho nitro benzene ring substituents is 1. The molecule has 0 aliphatic carbocycles. The van der Waals surface area contributed by atoms with Crippen molar-refractivity contribution in [3.8, 4) is 0 Å². The molecular formula is C10H12N4O5. The first kappa shape index (κ1) is 13.2. The highest BCUT2D eigenvalue weighted by atomic mass is 16.6. The molecule has 0 radical (unpaired) electrons. The molecule has 0 bridgehead atoms. The number of nitrogens with zero attached hydrogens (tertiary/aromatic N) is 3. The van der Waals surface area contributed by atoms with Crippen molar-refractivity contribution in [2.24, 2.45) is 0 Å². The number of hydrogen-bond acceptors (Lipinski definition) is 8. The lowest BCUT2D eigenvalue weighted by molar-refractivity contribution is -0.383. The van der Waals surface area contributed by atoms with Gasteiger partial charge < -0.3 is 15.5 Å². The predicted molar refractivity (Wildman–Crippen MR) is 64.7 cm³/mol. The van der Waals surface area contributed by atoms with Crippen molar-refractivity contribution >= 4 is 22.4 Å². The van der Waals surface area contributed by atoms with E-state index in [1.807, 2.05) is 0 Å². The van der Waals surface area contributed by atoms with E-state index in [1.54, 1.807) is 0 Å². The van der Waals surface area contributed by atoms with Crippen LogP contribution < -0.4 is 5.32 Å². The Morgan fingerprint density at radius 1 is 1.47 bits per heavy atom. The largest absolute Gasteiger partial charge is 0.393 e. The van der Waals surface area contributed by atoms with E-state index in [-0.39, 0.29) is 23.3 Å². The second-order valence-electron chi connectivity index (χ2n) is 4.36. The molecule has 1 unspecified atom stereocenters. The van der Waals surface area contributed by atoms with Gasteiger partial charge in [-0.3, -0.25) is 10.1 Å². The van der Waals surface area contributed by atoms with Gasteiger partial charge in [0, 0.05) is 12.6 Å². The van der Waals surface area contributed by atoms with Gasteiger partial charge in [-0.1, -0.05) is 0 Å². The maximum atomic E-state index is 10.8. The van der Waals surface area contributed by atoms with Crippen LogP contribution in [0, 0.1) is 10.1 Å². The van der Waals surface area contributed by atoms with Gasteiger partial charge >= 0.3 is 5.69 Å². The SMILES string of the molecule is CC(O)(CO)CNc1ccc([N+](=O)[O-])c2nonc12. The molecule has 2 rings (SSSR count). The number of aliphatic hydroxyl groups excluding tert-OH is 1. The summed E-state index contributed by atoms with van der Waals surface area (Å²) in [7, 11) is 0. The Balaban J connectivity index is 2.33. The van der Waals surface area contributed by atoms with Crippen LogP contribution in [-0.2, 0) is 0 Å². The van der Waals surface area contributed by atoms with E-state index >= 15 is 0 Å². The van der Waals surface area contributed by atoms with E-state index in [9.17, 15) is 15.2 Å². The molecule has 2 aromatic rings. The summed E-state index contributed by atoms with van der Waals surface area (Å²) in [5, 5.41) is 39.3. The molecule has 0 saturated heterocycles. The maximum absolute atomic E-state index is 10.8. The fourth-order valence-corrected chi connectivity index (χ4v) is 1.48. The van der Waals surface area contributed by atoms with Gasteiger partial charge in [0.15, 0.2) is 5.52 Å². The minimum Gasteiger partial charge on any atom is -0.393 e. The smallest absolute Gasteiger partial charge is 0.300 e. The summed E-state index contributed by atoms with van der Waals surface area (Å²) in [6, 6.07) is 2.71. The molecule has 1 heterocycles. The molecule has 9 heteroatoms. The molecule has 0 aliphatic heterocycles. The van der Waals surface area contributed by atoms with Gasteiger partial charge in [0.1, 0.15) is 5.60 Å². The lowest BCUT2D eigenvalue weighted by atomic mass is 10.1. The average Bonchev–Trinajstić information content (AvgIpc) is 2.84. The Morgan fingerprint density at radius 3 is 2.79 bits per heavy atom. The van der Waals surface area contributed by atoms with Crippen LogP contribution in [0.3, 0.4) is 0 Å². The van der Waals surface area contributed by atoms with Gasteiger partial charge in [-0.05, 0) is 23.3 Å². The number of anilines is 1. The molecular weight excluding hydrogens is 256 g/mol. The molecule has 1 aromatic carbocycles. The van der Waals surface area contributed by atoms with Crippen LogP contribution in [0.25, 0.3) is 11.0 Å². The fraction of sp³-hybridized carbons (Fsp3) is 0.400. The molecule has 9 nitrogen and oxygen atoms in total. The third-order valence-electron chi connectivity index (χ3n) is 2.59. The first-order valence-electron chi connectivity index (χ1n) is 5.41. The molecule has 0 fully saturated rings. The van der Waals surface area contributed by atoms with Crippen LogP contribution in [0.15, 0.2) is 16.8 Å². The lowest BCUT2D eigenvalue weighted by Gasteiger charge is -2.21. The van der Waals surface area contributed by atoms with Crippen LogP contribution >= 0.6 is 0 Å². The number of nitro benzene ring substituents is 1. The summed E-state index contributed by atoms with van der Waals surface area (Å²) in [4.78, 5) is 10.2. The van der Waals surface area contributed by atoms with Crippen molar-refractivity contribution in [1.82, 2.24) is 10.3 Å². The number of hydrogen-bond donors (Lipinski definition) is 3. The van der Waals surface area contributed by atoms with Crippen LogP contribution in [0.1, 0.15) is 6.92 Å². The zero-order valence-corrected chi connectivity index (χ0v) is 10.0. The van der Waals surface area contributed by atoms with Crippen molar-refractivity contribution in [3.05, 3.63) is 22.2 Å². The maximum Gasteiger partial charge on any atom is 0.300 e. The van der Waals surface area contributed by atoms with Crippen molar-refractivity contribution in [1.29, 1.82) is 0 Å². The van der Waals surface area contributed by atoms with Crippen LogP contribution in [-0.4, -0.2) is 44.2 Å². The quantitative estimate of drug-likeness (QED) is 0.520. The topological polar surface area (TPSA) is 135 Å². The minimum absolute atomic E-state index is 0.0265. The number of rotatable bonds is 5. The number of nitrogens with one attached hydrogen (secondary N) is 1. The van der Waals surface area contributed by atoms with Crippen LogP contribution in [0.5, 0.6) is 0 Å². The standard InChI is InChI=1S/C10H12N4O5/c1-10(16,5-15)4-11-6-2-3-7(14(17)18)9-8(6)12-19-13-9/h2-3,11,15-16H,4-5H2,1H3. The Bertz CT molecular complexity index is 609. The van der Waals surface area contributed by atoms with Crippen molar-refractivity contribution < 1.29 is 19.8 Å². The molecule has 0 spiro atoms. The highest BCUT2D eigenvalue weighted by Crippen LogP contribution is 2.28. The molecule has 19 heavy (non-hydrogen) atoms. The second-order valence-corrected chi connectivity index (χ2v) is 4.36. The third kappa shape index (κ3) is 2.61. The Hall–Kier alpha value is -2.26. The second kappa shape index (κ2) is 4.78. The summed E-state index contributed by atoms with van der Waals surface area (Å²) < 4.78 is 4.50. The van der Waals surface area contributed by atoms with Crippen molar-refractivity contribution in [2.75, 3.05) is 18.5 Å². The molecule has 1 atom stereocenters. The van der Waals surface area contributed by atoms with Gasteiger partial charge in [-0.15, -0.1) is 0 Å². The Morgan fingerprint density at radius 2 is 2.16 bits per heavy atom. The zero-order valence-electron chi connectivity index (χ0n) is 10.0. The third-order valence-corrected chi connectivity index (χ3v) is 2.59. The summed E-state index contributed by atoms with van der Waals surface area (Å²) in [5.41, 5.74) is -0.876. The molecule has 1 aromatic heterocycles. The Kier molecular flexibility index (Phi) is 3.32. The number of aliphatic hydroxyl groups is 2. The summed E-state index contributed by atoms with van der Waals surface area (Å²) in [6.45, 7) is 1.07. The van der Waals surface area contributed by atoms with E-state index in [4.69, 9.17) is 5.11 Å². The first-order chi connectivity index (χ1) is 8.94. The van der Waals surface area contributed by atoms with E-state index < -0.39 is 17.1 Å². The van der Waals surface area contributed by atoms with Crippen molar-refractivity contribution in [3.63, 3.8) is 0 Å². The first-order valence-corrected chi connectivity index (χ1v) is 5.41. The number of benzene rings is 1. The minimum atomic E-state index is -1.31. The Labute approximate surface area is 107 Å². The van der Waals surface area contributed by atoms with E-state index in [0.717, 1.165) is 0 Å². The van der Waals surface area contributed by atoms with E-state index in [2.05, 4.69) is 20.3 Å². The highest BCUT2D eigenvalue weighted by molar-refractivity contribution is 5.93. The summed E-state index contributed by atoms with van der Waals surface area (Å²) >= 11 is 0. The summed E-state index contributed by atoms with van der Waals surface area (Å²) in [5.74, 6) is 0. The highest BCUT2D eigenvalue weighted by Gasteiger charge is 2.22. The number of nitro groups is 1. The van der Waals surface area contributed by atoms with Gasteiger partial charge in [-0.2, -0.15) is 0 Å². The molecule has 102 valence electrons. The van der Waals surface area contributed by atoms with Gasteiger partial charge in [0.2, 0.25) is 5.52 Å². The molecule has 3 N–H and O–H groups in total. The molecule has 0 saturated carbocycles. The van der Waals surface area contributed by atoms with E-state index in [1.165, 1.54) is 19.1 Å². The van der Waals surface area contributed by atoms with Crippen LogP contribution in [0.2, 0.25) is 0 Å². The van der Waals surface area contributed by atoms with Gasteiger partial charge in [0.25, 0.3) is 0 Å². The molecule has 0 aliphatic rings. The lowest BCUT2D eigenvalue weighted by Crippen LogP contribution is -2.37. The van der Waals surface area contributed by atoms with Gasteiger partial charge in [0.05, 0.1) is 17.2 Å². The van der Waals surface area contributed by atoms with Crippen LogP contribution in [0.4, 0.5) is 11.4 Å². The summed E-state index contributed by atoms with van der Waals surface area (Å²) in [6.07, 6.45) is 0. The number of fused-ring (bicyclic) bond motifs is 1. The predicted octanol–water partition coefficient (Wildman–Crippen LogP) is 0.286. The monoisotopic (exact) mass is 268 g/mol. The van der Waals surface area contributed by atoms with Crippen molar-refractivity contribution in [2.45, 2.75) is 12.5 Å². The normalized spacial score (nSPS) is 14.3. The fourth-order valence-electron chi connectivity index (χ4n) is 1.48. The van der Waals surface area contributed by atoms with Gasteiger partial charge in [-0.25, -0.2) is 4.63 Å². The number of aromatic nitrogens is 2.